The molecule has 3 nitrogen and oxygen atoms in total. The third-order valence-electron chi connectivity index (χ3n) is 3.59. The van der Waals surface area contributed by atoms with Gasteiger partial charge >= 0.3 is 0 Å². The van der Waals surface area contributed by atoms with Gasteiger partial charge in [0.05, 0.1) is 18.8 Å². The monoisotopic (exact) mass is 304 g/mol. The summed E-state index contributed by atoms with van der Waals surface area (Å²) in [5, 5.41) is 20.2. The summed E-state index contributed by atoms with van der Waals surface area (Å²) in [6.07, 6.45) is -2.22. The highest BCUT2D eigenvalue weighted by molar-refractivity contribution is 5.17. The van der Waals surface area contributed by atoms with Crippen LogP contribution in [0.4, 0.5) is 4.39 Å². The fourth-order valence-corrected chi connectivity index (χ4v) is 2.20. The van der Waals surface area contributed by atoms with Gasteiger partial charge in [0.2, 0.25) is 0 Å². The van der Waals surface area contributed by atoms with Gasteiger partial charge < -0.3 is 14.9 Å². The van der Waals surface area contributed by atoms with E-state index in [0.29, 0.717) is 6.61 Å². The lowest BCUT2D eigenvalue weighted by molar-refractivity contribution is -0.0868. The Hall–Kier alpha value is -1.75. The van der Waals surface area contributed by atoms with Crippen LogP contribution in [0.5, 0.6) is 0 Å². The molecule has 0 saturated carbocycles. The quantitative estimate of drug-likeness (QED) is 0.827. The van der Waals surface area contributed by atoms with Crippen molar-refractivity contribution in [1.29, 1.82) is 0 Å². The Morgan fingerprint density at radius 1 is 0.955 bits per heavy atom. The molecule has 0 fully saturated rings. The predicted molar refractivity (Wildman–Crippen MR) is 82.8 cm³/mol. The number of aliphatic hydroxyl groups excluding tert-OH is 2. The Morgan fingerprint density at radius 3 is 2.23 bits per heavy atom. The van der Waals surface area contributed by atoms with E-state index in [9.17, 15) is 14.6 Å². The fourth-order valence-electron chi connectivity index (χ4n) is 2.20. The Balaban J connectivity index is 1.83. The van der Waals surface area contributed by atoms with Gasteiger partial charge in [-0.05, 0) is 30.2 Å². The summed E-state index contributed by atoms with van der Waals surface area (Å²) >= 11 is 0. The summed E-state index contributed by atoms with van der Waals surface area (Å²) in [7, 11) is 0. The Kier molecular flexibility index (Phi) is 6.07. The van der Waals surface area contributed by atoms with Crippen molar-refractivity contribution in [2.45, 2.75) is 38.3 Å². The van der Waals surface area contributed by atoms with E-state index in [1.807, 2.05) is 30.3 Å². The number of aliphatic hydroxyl groups is 2. The van der Waals surface area contributed by atoms with Crippen molar-refractivity contribution in [2.75, 3.05) is 0 Å². The molecule has 2 rings (SSSR count). The number of rotatable bonds is 7. The van der Waals surface area contributed by atoms with Crippen LogP contribution in [-0.4, -0.2) is 28.5 Å². The largest absolute Gasteiger partial charge is 0.390 e. The average molecular weight is 304 g/mol. The van der Waals surface area contributed by atoms with Gasteiger partial charge in [0.15, 0.2) is 0 Å². The van der Waals surface area contributed by atoms with Crippen LogP contribution in [0.2, 0.25) is 0 Å². The number of ether oxygens (including phenoxy) is 1. The van der Waals surface area contributed by atoms with E-state index in [2.05, 4.69) is 0 Å². The maximum atomic E-state index is 12.8. The molecule has 0 saturated heterocycles. The van der Waals surface area contributed by atoms with Crippen LogP contribution < -0.4 is 0 Å². The van der Waals surface area contributed by atoms with Crippen LogP contribution in [0.1, 0.15) is 18.1 Å². The lowest BCUT2D eigenvalue weighted by Gasteiger charge is -2.24. The SMILES string of the molecule is C[C@H](OCc1ccccc1)[C@H](O)[C@H](O)Cc1ccc(F)cc1. The lowest BCUT2D eigenvalue weighted by Crippen LogP contribution is -2.38. The molecule has 2 N–H and O–H groups in total. The van der Waals surface area contributed by atoms with E-state index in [4.69, 9.17) is 4.74 Å². The number of benzene rings is 2. The van der Waals surface area contributed by atoms with Crippen LogP contribution >= 0.6 is 0 Å². The molecule has 0 aliphatic rings. The molecule has 0 spiro atoms. The van der Waals surface area contributed by atoms with Crippen LogP contribution in [0.15, 0.2) is 54.6 Å². The summed E-state index contributed by atoms with van der Waals surface area (Å²) in [6.45, 7) is 2.10. The molecular weight excluding hydrogens is 283 g/mol. The van der Waals surface area contributed by atoms with Crippen LogP contribution in [0.3, 0.4) is 0 Å². The van der Waals surface area contributed by atoms with Gasteiger partial charge in [0.25, 0.3) is 0 Å². The third-order valence-corrected chi connectivity index (χ3v) is 3.59. The van der Waals surface area contributed by atoms with Crippen molar-refractivity contribution in [3.05, 3.63) is 71.5 Å². The van der Waals surface area contributed by atoms with E-state index < -0.39 is 18.3 Å². The maximum Gasteiger partial charge on any atom is 0.123 e. The van der Waals surface area contributed by atoms with Crippen molar-refractivity contribution in [2.24, 2.45) is 0 Å². The summed E-state index contributed by atoms with van der Waals surface area (Å²) < 4.78 is 18.4. The summed E-state index contributed by atoms with van der Waals surface area (Å²) in [5.41, 5.74) is 1.78. The van der Waals surface area contributed by atoms with Gasteiger partial charge in [-0.2, -0.15) is 0 Å². The Morgan fingerprint density at radius 2 is 1.59 bits per heavy atom. The first-order valence-corrected chi connectivity index (χ1v) is 7.32. The third kappa shape index (κ3) is 4.91. The Labute approximate surface area is 130 Å². The first-order chi connectivity index (χ1) is 10.6. The minimum atomic E-state index is -1.01. The van der Waals surface area contributed by atoms with Crippen molar-refractivity contribution >= 4 is 0 Å². The minimum absolute atomic E-state index is 0.250. The first kappa shape index (κ1) is 16.6. The lowest BCUT2D eigenvalue weighted by atomic mass is 10.0. The highest BCUT2D eigenvalue weighted by atomic mass is 19.1. The molecule has 0 bridgehead atoms. The minimum Gasteiger partial charge on any atom is -0.390 e. The molecule has 118 valence electrons. The van der Waals surface area contributed by atoms with E-state index in [0.717, 1.165) is 11.1 Å². The van der Waals surface area contributed by atoms with Gasteiger partial charge in [-0.3, -0.25) is 0 Å². The molecule has 2 aromatic carbocycles. The molecule has 3 atom stereocenters. The number of hydrogen-bond acceptors (Lipinski definition) is 3. The Bertz CT molecular complexity index is 556. The molecule has 0 amide bonds. The highest BCUT2D eigenvalue weighted by Crippen LogP contribution is 2.13. The molecule has 0 unspecified atom stereocenters. The van der Waals surface area contributed by atoms with Crippen molar-refractivity contribution in [3.63, 3.8) is 0 Å². The van der Waals surface area contributed by atoms with Crippen molar-refractivity contribution in [3.8, 4) is 0 Å². The van der Waals surface area contributed by atoms with E-state index in [1.165, 1.54) is 12.1 Å². The van der Waals surface area contributed by atoms with Crippen LogP contribution in [-0.2, 0) is 17.8 Å². The predicted octanol–water partition coefficient (Wildman–Crippen LogP) is 2.70. The molecule has 0 aliphatic carbocycles. The zero-order chi connectivity index (χ0) is 15.9. The summed E-state index contributed by atoms with van der Waals surface area (Å²) in [6, 6.07) is 15.5. The van der Waals surface area contributed by atoms with E-state index in [-0.39, 0.29) is 12.2 Å². The zero-order valence-electron chi connectivity index (χ0n) is 12.5. The van der Waals surface area contributed by atoms with Gasteiger partial charge in [0, 0.05) is 6.42 Å². The van der Waals surface area contributed by atoms with E-state index >= 15 is 0 Å². The van der Waals surface area contributed by atoms with Gasteiger partial charge in [-0.25, -0.2) is 4.39 Å². The van der Waals surface area contributed by atoms with Gasteiger partial charge in [0.1, 0.15) is 11.9 Å². The summed E-state index contributed by atoms with van der Waals surface area (Å²) in [5.74, 6) is -0.321. The zero-order valence-corrected chi connectivity index (χ0v) is 12.5. The molecular formula is C18H21FO3. The smallest absolute Gasteiger partial charge is 0.123 e. The van der Waals surface area contributed by atoms with Crippen LogP contribution in [0, 0.1) is 5.82 Å². The second-order valence-electron chi connectivity index (χ2n) is 5.39. The molecule has 4 heteroatoms. The summed E-state index contributed by atoms with van der Waals surface area (Å²) in [4.78, 5) is 0. The van der Waals surface area contributed by atoms with Crippen molar-refractivity contribution < 1.29 is 19.3 Å². The molecule has 0 aromatic heterocycles. The molecule has 22 heavy (non-hydrogen) atoms. The second kappa shape index (κ2) is 8.03. The average Bonchev–Trinajstić information content (AvgIpc) is 2.55. The molecule has 2 aromatic rings. The van der Waals surface area contributed by atoms with Gasteiger partial charge in [-0.15, -0.1) is 0 Å². The first-order valence-electron chi connectivity index (χ1n) is 7.32. The maximum absolute atomic E-state index is 12.8. The highest BCUT2D eigenvalue weighted by Gasteiger charge is 2.23. The number of halogens is 1. The van der Waals surface area contributed by atoms with Gasteiger partial charge in [-0.1, -0.05) is 42.5 Å². The standard InChI is InChI=1S/C18H21FO3/c1-13(22-12-15-5-3-2-4-6-15)18(21)17(20)11-14-7-9-16(19)10-8-14/h2-10,13,17-18,20-21H,11-12H2,1H3/t13-,17+,18-/m0/s1. The van der Waals surface area contributed by atoms with Crippen LogP contribution in [0.25, 0.3) is 0 Å². The molecule has 0 radical (unpaired) electrons. The second-order valence-corrected chi connectivity index (χ2v) is 5.39. The topological polar surface area (TPSA) is 49.7 Å². The van der Waals surface area contributed by atoms with Crippen molar-refractivity contribution in [1.82, 2.24) is 0 Å². The molecule has 0 aliphatic heterocycles. The number of hydrogen-bond donors (Lipinski definition) is 2. The fraction of sp³-hybridized carbons (Fsp3) is 0.333. The molecule has 0 heterocycles. The van der Waals surface area contributed by atoms with E-state index in [1.54, 1.807) is 19.1 Å². The normalized spacial score (nSPS) is 15.3.